The van der Waals surface area contributed by atoms with Gasteiger partial charge >= 0.3 is 0 Å². The van der Waals surface area contributed by atoms with Gasteiger partial charge in [0, 0.05) is 18.6 Å². The molecule has 0 saturated heterocycles. The lowest BCUT2D eigenvalue weighted by molar-refractivity contribution is 0.168. The normalized spacial score (nSPS) is 12.2. The molecule has 0 radical (unpaired) electrons. The van der Waals surface area contributed by atoms with E-state index in [4.69, 9.17) is 4.74 Å². The molecule has 0 aliphatic carbocycles. The number of hydrogen-bond donors (Lipinski definition) is 1. The third-order valence-electron chi connectivity index (χ3n) is 2.94. The van der Waals surface area contributed by atoms with Crippen LogP contribution < -0.4 is 4.74 Å². The standard InChI is InChI=1S/C15H13F3O2/c1-20-11-7-12(17)15(13(18)8-11)14(19)6-9-3-2-4-10(16)5-9/h2-5,7-8,14,19H,6H2,1H3. The van der Waals surface area contributed by atoms with Gasteiger partial charge in [0.25, 0.3) is 0 Å². The first-order chi connectivity index (χ1) is 9.51. The van der Waals surface area contributed by atoms with Gasteiger partial charge in [-0.05, 0) is 17.7 Å². The predicted octanol–water partition coefficient (Wildman–Crippen LogP) is 3.39. The minimum absolute atomic E-state index is 0.0294. The van der Waals surface area contributed by atoms with Gasteiger partial charge in [0.15, 0.2) is 0 Å². The monoisotopic (exact) mass is 282 g/mol. The van der Waals surface area contributed by atoms with E-state index in [1.54, 1.807) is 6.07 Å². The second-order valence-corrected chi connectivity index (χ2v) is 4.35. The van der Waals surface area contributed by atoms with E-state index >= 15 is 0 Å². The van der Waals surface area contributed by atoms with Crippen molar-refractivity contribution in [2.45, 2.75) is 12.5 Å². The number of methoxy groups -OCH3 is 1. The van der Waals surface area contributed by atoms with Gasteiger partial charge < -0.3 is 9.84 Å². The lowest BCUT2D eigenvalue weighted by atomic mass is 10.00. The Balaban J connectivity index is 2.27. The van der Waals surface area contributed by atoms with Crippen molar-refractivity contribution in [3.8, 4) is 5.75 Å². The van der Waals surface area contributed by atoms with Crippen LogP contribution in [0, 0.1) is 17.5 Å². The zero-order valence-electron chi connectivity index (χ0n) is 10.7. The molecule has 5 heteroatoms. The summed E-state index contributed by atoms with van der Waals surface area (Å²) in [6.45, 7) is 0. The Labute approximate surface area is 114 Å². The van der Waals surface area contributed by atoms with Crippen molar-refractivity contribution >= 4 is 0 Å². The van der Waals surface area contributed by atoms with Crippen molar-refractivity contribution in [2.24, 2.45) is 0 Å². The highest BCUT2D eigenvalue weighted by molar-refractivity contribution is 5.33. The highest BCUT2D eigenvalue weighted by atomic mass is 19.1. The van der Waals surface area contributed by atoms with Crippen LogP contribution in [0.4, 0.5) is 13.2 Å². The maximum atomic E-state index is 13.8. The quantitative estimate of drug-likeness (QED) is 0.931. The van der Waals surface area contributed by atoms with Crippen molar-refractivity contribution in [3.05, 3.63) is 65.0 Å². The van der Waals surface area contributed by atoms with E-state index in [1.807, 2.05) is 0 Å². The molecule has 0 aliphatic heterocycles. The molecule has 1 N–H and O–H groups in total. The molecule has 0 bridgehead atoms. The number of hydrogen-bond acceptors (Lipinski definition) is 2. The summed E-state index contributed by atoms with van der Waals surface area (Å²) in [7, 11) is 1.29. The van der Waals surface area contributed by atoms with E-state index in [2.05, 4.69) is 0 Å². The molecule has 1 atom stereocenters. The smallest absolute Gasteiger partial charge is 0.135 e. The molecule has 0 fully saturated rings. The van der Waals surface area contributed by atoms with Gasteiger partial charge in [-0.25, -0.2) is 13.2 Å². The Morgan fingerprint density at radius 2 is 1.75 bits per heavy atom. The van der Waals surface area contributed by atoms with E-state index in [0.29, 0.717) is 5.56 Å². The van der Waals surface area contributed by atoms with Gasteiger partial charge in [-0.1, -0.05) is 12.1 Å². The molecule has 0 heterocycles. The second-order valence-electron chi connectivity index (χ2n) is 4.35. The Morgan fingerprint density at radius 3 is 2.30 bits per heavy atom. The fourth-order valence-corrected chi connectivity index (χ4v) is 1.99. The largest absolute Gasteiger partial charge is 0.497 e. The Hall–Kier alpha value is -2.01. The first-order valence-corrected chi connectivity index (χ1v) is 5.96. The molecule has 0 saturated carbocycles. The molecular weight excluding hydrogens is 269 g/mol. The van der Waals surface area contributed by atoms with Crippen LogP contribution in [0.1, 0.15) is 17.2 Å². The molecule has 2 rings (SSSR count). The molecular formula is C15H13F3O2. The Kier molecular flexibility index (Phi) is 4.29. The number of halogens is 3. The molecule has 0 aromatic heterocycles. The van der Waals surface area contributed by atoms with Crippen LogP contribution in [-0.2, 0) is 6.42 Å². The van der Waals surface area contributed by atoms with Crippen LogP contribution in [0.15, 0.2) is 36.4 Å². The average molecular weight is 282 g/mol. The number of ether oxygens (including phenoxy) is 1. The van der Waals surface area contributed by atoms with Crippen LogP contribution in [0.3, 0.4) is 0 Å². The van der Waals surface area contributed by atoms with Crippen LogP contribution in [-0.4, -0.2) is 12.2 Å². The summed E-state index contributed by atoms with van der Waals surface area (Å²) in [4.78, 5) is 0. The minimum atomic E-state index is -1.40. The van der Waals surface area contributed by atoms with Crippen LogP contribution in [0.5, 0.6) is 5.75 Å². The van der Waals surface area contributed by atoms with Crippen LogP contribution in [0.2, 0.25) is 0 Å². The molecule has 0 aliphatic rings. The molecule has 2 aromatic rings. The SMILES string of the molecule is COc1cc(F)c(C(O)Cc2cccc(F)c2)c(F)c1. The molecule has 2 aromatic carbocycles. The minimum Gasteiger partial charge on any atom is -0.497 e. The van der Waals surface area contributed by atoms with Gasteiger partial charge in [0.05, 0.1) is 18.8 Å². The number of benzene rings is 2. The van der Waals surface area contributed by atoms with E-state index < -0.39 is 29.1 Å². The zero-order chi connectivity index (χ0) is 14.7. The topological polar surface area (TPSA) is 29.5 Å². The first kappa shape index (κ1) is 14.4. The number of rotatable bonds is 4. The second kappa shape index (κ2) is 5.96. The summed E-state index contributed by atoms with van der Waals surface area (Å²) in [5.74, 6) is -2.23. The lowest BCUT2D eigenvalue weighted by Crippen LogP contribution is -2.08. The molecule has 1 unspecified atom stereocenters. The zero-order valence-corrected chi connectivity index (χ0v) is 10.7. The highest BCUT2D eigenvalue weighted by Crippen LogP contribution is 2.27. The van der Waals surface area contributed by atoms with Gasteiger partial charge in [0.2, 0.25) is 0 Å². The first-order valence-electron chi connectivity index (χ1n) is 5.96. The van der Waals surface area contributed by atoms with Crippen molar-refractivity contribution in [3.63, 3.8) is 0 Å². The van der Waals surface area contributed by atoms with Crippen molar-refractivity contribution in [2.75, 3.05) is 7.11 Å². The van der Waals surface area contributed by atoms with Gasteiger partial charge in [-0.3, -0.25) is 0 Å². The number of aliphatic hydroxyl groups excluding tert-OH is 1. The Bertz CT molecular complexity index is 591. The molecule has 106 valence electrons. The molecule has 0 spiro atoms. The van der Waals surface area contributed by atoms with Crippen LogP contribution in [0.25, 0.3) is 0 Å². The summed E-state index contributed by atoms with van der Waals surface area (Å²) in [6, 6.07) is 7.50. The summed E-state index contributed by atoms with van der Waals surface area (Å²) in [6.07, 6.45) is -1.49. The van der Waals surface area contributed by atoms with E-state index in [-0.39, 0.29) is 12.2 Å². The van der Waals surface area contributed by atoms with Crippen molar-refractivity contribution in [1.82, 2.24) is 0 Å². The third kappa shape index (κ3) is 3.11. The summed E-state index contributed by atoms with van der Waals surface area (Å²) < 4.78 is 45.3. The van der Waals surface area contributed by atoms with E-state index in [9.17, 15) is 18.3 Å². The average Bonchev–Trinajstić information content (AvgIpc) is 2.37. The van der Waals surface area contributed by atoms with Gasteiger partial charge in [-0.2, -0.15) is 0 Å². The summed E-state index contributed by atoms with van der Waals surface area (Å²) in [5.41, 5.74) is 0.00202. The van der Waals surface area contributed by atoms with E-state index in [0.717, 1.165) is 12.1 Å². The third-order valence-corrected chi connectivity index (χ3v) is 2.94. The maximum absolute atomic E-state index is 13.8. The van der Waals surface area contributed by atoms with E-state index in [1.165, 1.54) is 25.3 Å². The lowest BCUT2D eigenvalue weighted by Gasteiger charge is -2.14. The fourth-order valence-electron chi connectivity index (χ4n) is 1.99. The highest BCUT2D eigenvalue weighted by Gasteiger charge is 2.20. The van der Waals surface area contributed by atoms with Crippen molar-refractivity contribution < 1.29 is 23.0 Å². The van der Waals surface area contributed by atoms with Gasteiger partial charge in [-0.15, -0.1) is 0 Å². The van der Waals surface area contributed by atoms with Crippen molar-refractivity contribution in [1.29, 1.82) is 0 Å². The predicted molar refractivity (Wildman–Crippen MR) is 68.0 cm³/mol. The summed E-state index contributed by atoms with van der Waals surface area (Å²) >= 11 is 0. The van der Waals surface area contributed by atoms with Crippen LogP contribution >= 0.6 is 0 Å². The fraction of sp³-hybridized carbons (Fsp3) is 0.200. The van der Waals surface area contributed by atoms with Gasteiger partial charge in [0.1, 0.15) is 23.2 Å². The number of aliphatic hydroxyl groups is 1. The molecule has 20 heavy (non-hydrogen) atoms. The Morgan fingerprint density at radius 1 is 1.10 bits per heavy atom. The maximum Gasteiger partial charge on any atom is 0.135 e. The summed E-state index contributed by atoms with van der Waals surface area (Å²) in [5, 5.41) is 9.95. The molecule has 0 amide bonds. The molecule has 2 nitrogen and oxygen atoms in total.